The van der Waals surface area contributed by atoms with Gasteiger partial charge in [0.1, 0.15) is 12.2 Å². The molecule has 3 atom stereocenters. The van der Waals surface area contributed by atoms with Crippen molar-refractivity contribution in [2.24, 2.45) is 0 Å². The van der Waals surface area contributed by atoms with Gasteiger partial charge in [0.25, 0.3) is 0 Å². The highest BCUT2D eigenvalue weighted by atomic mass is 16.3. The molecule has 0 saturated carbocycles. The van der Waals surface area contributed by atoms with Crippen LogP contribution < -0.4 is 10.6 Å². The first-order valence-corrected chi connectivity index (χ1v) is 8.53. The molecule has 0 aromatic heterocycles. The van der Waals surface area contributed by atoms with Crippen LogP contribution in [0.4, 0.5) is 0 Å². The zero-order chi connectivity index (χ0) is 18.4. The van der Waals surface area contributed by atoms with Gasteiger partial charge in [0.15, 0.2) is 0 Å². The van der Waals surface area contributed by atoms with Gasteiger partial charge in [-0.2, -0.15) is 0 Å². The van der Waals surface area contributed by atoms with Crippen molar-refractivity contribution in [3.05, 3.63) is 35.9 Å². The van der Waals surface area contributed by atoms with Gasteiger partial charge >= 0.3 is 0 Å². The van der Waals surface area contributed by atoms with Crippen LogP contribution in [-0.2, 0) is 16.1 Å². The highest BCUT2D eigenvalue weighted by molar-refractivity contribution is 5.82. The molecule has 0 aliphatic carbocycles. The number of amides is 2. The standard InChI is InChI=1S/C18H27N3O4/c1-13(22)16(24)19-11-18(20-17(25)14(2)23)8-9-21(12-18)10-15-6-4-3-5-7-15/h3-7,13-14,22-23H,8-12H2,1-2H3,(H,19,24)(H,20,25)/t13-,14+,18-/m0/s1. The number of hydrogen-bond donors (Lipinski definition) is 4. The second-order valence-corrected chi connectivity index (χ2v) is 6.79. The number of carbonyl (C=O) groups is 2. The van der Waals surface area contributed by atoms with E-state index in [1.165, 1.54) is 19.4 Å². The van der Waals surface area contributed by atoms with Crippen LogP contribution in [0, 0.1) is 0 Å². The second kappa shape index (κ2) is 8.42. The number of aliphatic hydroxyl groups excluding tert-OH is 2. The summed E-state index contributed by atoms with van der Waals surface area (Å²) in [5.74, 6) is -0.944. The predicted octanol–water partition coefficient (Wildman–Crippen LogP) is -0.375. The Hall–Kier alpha value is -1.96. The molecule has 1 heterocycles. The van der Waals surface area contributed by atoms with E-state index in [2.05, 4.69) is 15.5 Å². The van der Waals surface area contributed by atoms with Gasteiger partial charge in [0, 0.05) is 26.2 Å². The minimum atomic E-state index is -1.12. The average Bonchev–Trinajstić information content (AvgIpc) is 2.96. The Kier molecular flexibility index (Phi) is 6.52. The molecule has 0 spiro atoms. The normalized spacial score (nSPS) is 23.0. The third kappa shape index (κ3) is 5.52. The topological polar surface area (TPSA) is 102 Å². The molecule has 25 heavy (non-hydrogen) atoms. The van der Waals surface area contributed by atoms with Gasteiger partial charge in [-0.15, -0.1) is 0 Å². The van der Waals surface area contributed by atoms with Crippen LogP contribution in [0.3, 0.4) is 0 Å². The van der Waals surface area contributed by atoms with Crippen LogP contribution in [-0.4, -0.2) is 64.3 Å². The fraction of sp³-hybridized carbons (Fsp3) is 0.556. The Bertz CT molecular complexity index is 591. The fourth-order valence-corrected chi connectivity index (χ4v) is 3.00. The van der Waals surface area contributed by atoms with Crippen molar-refractivity contribution in [1.29, 1.82) is 0 Å². The molecule has 1 aliphatic rings. The third-order valence-corrected chi connectivity index (χ3v) is 4.43. The van der Waals surface area contributed by atoms with Crippen LogP contribution in [0.2, 0.25) is 0 Å². The monoisotopic (exact) mass is 349 g/mol. The SMILES string of the molecule is C[C@H](O)C(=O)NC[C@@]1(NC(=O)[C@@H](C)O)CCN(Cc2ccccc2)C1. The summed E-state index contributed by atoms with van der Waals surface area (Å²) >= 11 is 0. The van der Waals surface area contributed by atoms with Crippen molar-refractivity contribution in [2.45, 2.75) is 44.6 Å². The molecule has 7 nitrogen and oxygen atoms in total. The van der Waals surface area contributed by atoms with Gasteiger partial charge in [-0.1, -0.05) is 30.3 Å². The van der Waals surface area contributed by atoms with Gasteiger partial charge < -0.3 is 20.8 Å². The number of carbonyl (C=O) groups excluding carboxylic acids is 2. The number of nitrogens with zero attached hydrogens (tertiary/aromatic N) is 1. The van der Waals surface area contributed by atoms with E-state index in [4.69, 9.17) is 0 Å². The van der Waals surface area contributed by atoms with E-state index >= 15 is 0 Å². The van der Waals surface area contributed by atoms with E-state index in [1.807, 2.05) is 30.3 Å². The number of likely N-dealkylation sites (tertiary alicyclic amines) is 1. The summed E-state index contributed by atoms with van der Waals surface area (Å²) in [6, 6.07) is 10.0. The maximum Gasteiger partial charge on any atom is 0.249 e. The summed E-state index contributed by atoms with van der Waals surface area (Å²) in [7, 11) is 0. The molecule has 7 heteroatoms. The molecule has 2 amide bonds. The Labute approximate surface area is 148 Å². The van der Waals surface area contributed by atoms with Crippen molar-refractivity contribution in [2.75, 3.05) is 19.6 Å². The largest absolute Gasteiger partial charge is 0.384 e. The molecule has 1 fully saturated rings. The molecule has 0 radical (unpaired) electrons. The Balaban J connectivity index is 2.04. The Morgan fingerprint density at radius 2 is 1.80 bits per heavy atom. The fourth-order valence-electron chi connectivity index (χ4n) is 3.00. The number of aliphatic hydroxyl groups is 2. The molecule has 4 N–H and O–H groups in total. The quantitative estimate of drug-likeness (QED) is 0.538. The molecule has 1 aromatic rings. The van der Waals surface area contributed by atoms with Crippen LogP contribution in [0.5, 0.6) is 0 Å². The van der Waals surface area contributed by atoms with E-state index in [-0.39, 0.29) is 6.54 Å². The van der Waals surface area contributed by atoms with E-state index in [1.54, 1.807) is 0 Å². The van der Waals surface area contributed by atoms with Gasteiger partial charge in [0.2, 0.25) is 11.8 Å². The van der Waals surface area contributed by atoms with Crippen molar-refractivity contribution in [3.8, 4) is 0 Å². The maximum absolute atomic E-state index is 12.0. The zero-order valence-electron chi connectivity index (χ0n) is 14.7. The van der Waals surface area contributed by atoms with E-state index in [0.29, 0.717) is 13.0 Å². The zero-order valence-corrected chi connectivity index (χ0v) is 14.7. The van der Waals surface area contributed by atoms with Crippen molar-refractivity contribution in [1.82, 2.24) is 15.5 Å². The number of nitrogens with one attached hydrogen (secondary N) is 2. The summed E-state index contributed by atoms with van der Waals surface area (Å²) in [6.07, 6.45) is -1.57. The second-order valence-electron chi connectivity index (χ2n) is 6.79. The number of hydrogen-bond acceptors (Lipinski definition) is 5. The van der Waals surface area contributed by atoms with Crippen molar-refractivity contribution < 1.29 is 19.8 Å². The first-order valence-electron chi connectivity index (χ1n) is 8.53. The van der Waals surface area contributed by atoms with E-state index < -0.39 is 29.6 Å². The highest BCUT2D eigenvalue weighted by Crippen LogP contribution is 2.23. The Morgan fingerprint density at radius 1 is 1.16 bits per heavy atom. The predicted molar refractivity (Wildman–Crippen MR) is 93.6 cm³/mol. The number of rotatable bonds is 7. The lowest BCUT2D eigenvalue weighted by Gasteiger charge is -2.32. The first-order chi connectivity index (χ1) is 11.8. The van der Waals surface area contributed by atoms with E-state index in [9.17, 15) is 19.8 Å². The molecular formula is C18H27N3O4. The van der Waals surface area contributed by atoms with Crippen molar-refractivity contribution >= 4 is 11.8 Å². The molecule has 2 rings (SSSR count). The summed E-state index contributed by atoms with van der Waals surface area (Å²) in [5.41, 5.74) is 0.515. The minimum absolute atomic E-state index is 0.209. The molecular weight excluding hydrogens is 322 g/mol. The molecule has 1 saturated heterocycles. The smallest absolute Gasteiger partial charge is 0.249 e. The minimum Gasteiger partial charge on any atom is -0.384 e. The number of benzene rings is 1. The van der Waals surface area contributed by atoms with Crippen LogP contribution in [0.1, 0.15) is 25.8 Å². The first kappa shape index (κ1) is 19.4. The molecule has 138 valence electrons. The van der Waals surface area contributed by atoms with Gasteiger partial charge in [0.05, 0.1) is 5.54 Å². The Morgan fingerprint density at radius 3 is 2.40 bits per heavy atom. The lowest BCUT2D eigenvalue weighted by atomic mass is 9.97. The van der Waals surface area contributed by atoms with Crippen molar-refractivity contribution in [3.63, 3.8) is 0 Å². The van der Waals surface area contributed by atoms with E-state index in [0.717, 1.165) is 13.1 Å². The van der Waals surface area contributed by atoms with Gasteiger partial charge in [-0.3, -0.25) is 14.5 Å². The third-order valence-electron chi connectivity index (χ3n) is 4.43. The summed E-state index contributed by atoms with van der Waals surface area (Å²) < 4.78 is 0. The highest BCUT2D eigenvalue weighted by Gasteiger charge is 2.40. The molecule has 0 bridgehead atoms. The molecule has 1 aromatic carbocycles. The average molecular weight is 349 g/mol. The molecule has 0 unspecified atom stereocenters. The van der Waals surface area contributed by atoms with Crippen LogP contribution in [0.15, 0.2) is 30.3 Å². The maximum atomic E-state index is 12.0. The lowest BCUT2D eigenvalue weighted by Crippen LogP contribution is -2.59. The van der Waals surface area contributed by atoms with Crippen LogP contribution >= 0.6 is 0 Å². The summed E-state index contributed by atoms with van der Waals surface area (Å²) in [5, 5.41) is 24.4. The van der Waals surface area contributed by atoms with Gasteiger partial charge in [-0.25, -0.2) is 0 Å². The summed E-state index contributed by atoms with van der Waals surface area (Å²) in [4.78, 5) is 25.9. The molecule has 1 aliphatic heterocycles. The van der Waals surface area contributed by atoms with Crippen LogP contribution in [0.25, 0.3) is 0 Å². The summed E-state index contributed by atoms with van der Waals surface area (Å²) in [6.45, 7) is 5.08. The van der Waals surface area contributed by atoms with Gasteiger partial charge in [-0.05, 0) is 25.8 Å². The lowest BCUT2D eigenvalue weighted by molar-refractivity contribution is -0.132.